The molecular weight excluding hydrogens is 365 g/mol. The average Bonchev–Trinajstić information content (AvgIpc) is 3.15. The lowest BCUT2D eigenvalue weighted by Crippen LogP contribution is -3.13. The summed E-state index contributed by atoms with van der Waals surface area (Å²) < 4.78 is 13.6. The summed E-state index contributed by atoms with van der Waals surface area (Å²) in [6.07, 6.45) is 5.58. The van der Waals surface area contributed by atoms with Crippen LogP contribution in [0.3, 0.4) is 0 Å². The van der Waals surface area contributed by atoms with Gasteiger partial charge in [0.15, 0.2) is 6.54 Å². The van der Waals surface area contributed by atoms with Gasteiger partial charge in [-0.2, -0.15) is 5.10 Å². The summed E-state index contributed by atoms with van der Waals surface area (Å²) in [5.74, 6) is -0.0104. The van der Waals surface area contributed by atoms with Crippen molar-refractivity contribution in [1.29, 1.82) is 0 Å². The maximum absolute atomic E-state index is 13.6. The number of halogens is 1. The van der Waals surface area contributed by atoms with Crippen LogP contribution in [0.15, 0.2) is 53.6 Å². The minimum absolute atomic E-state index is 0.0793. The van der Waals surface area contributed by atoms with Crippen LogP contribution in [0.5, 0.6) is 0 Å². The number of aryl methyl sites for hydroxylation is 1. The van der Waals surface area contributed by atoms with Crippen molar-refractivity contribution >= 4 is 11.6 Å². The maximum Gasteiger partial charge on any atom is 0.298 e. The zero-order chi connectivity index (χ0) is 19.8. The first-order valence-corrected chi connectivity index (χ1v) is 10.8. The molecule has 150 valence electrons. The topological polar surface area (TPSA) is 37.1 Å². The van der Waals surface area contributed by atoms with E-state index < -0.39 is 0 Å². The van der Waals surface area contributed by atoms with Gasteiger partial charge in [0.1, 0.15) is 5.82 Å². The summed E-state index contributed by atoms with van der Waals surface area (Å²) in [6.45, 7) is 2.61. The molecule has 5 heteroatoms. The van der Waals surface area contributed by atoms with Crippen LogP contribution in [0.2, 0.25) is 0 Å². The number of nitrogens with zero attached hydrogens (tertiary/aromatic N) is 2. The molecule has 1 fully saturated rings. The van der Waals surface area contributed by atoms with Gasteiger partial charge in [0.05, 0.1) is 24.8 Å². The summed E-state index contributed by atoms with van der Waals surface area (Å²) in [5, 5.41) is 6.61. The second-order valence-electron chi connectivity index (χ2n) is 8.51. The van der Waals surface area contributed by atoms with E-state index in [4.69, 9.17) is 5.10 Å². The average molecular weight is 392 g/mol. The number of hydrazone groups is 1. The first kappa shape index (κ1) is 18.5. The monoisotopic (exact) mass is 392 g/mol. The SMILES string of the molecule is O=C(C[NH+]1CCCCC1)N1N=C2c3ccccc3CC[C@@H]2[C@@H]1c1ccc(F)cc1. The molecule has 4 nitrogen and oxygen atoms in total. The maximum atomic E-state index is 13.6. The van der Waals surface area contributed by atoms with Crippen LogP contribution in [0.1, 0.15) is 48.4 Å². The van der Waals surface area contributed by atoms with E-state index in [2.05, 4.69) is 18.2 Å². The van der Waals surface area contributed by atoms with Crippen LogP contribution < -0.4 is 4.90 Å². The van der Waals surface area contributed by atoms with E-state index in [1.54, 1.807) is 5.01 Å². The van der Waals surface area contributed by atoms with Gasteiger partial charge in [-0.05, 0) is 55.4 Å². The van der Waals surface area contributed by atoms with E-state index in [0.29, 0.717) is 6.54 Å². The van der Waals surface area contributed by atoms with E-state index in [0.717, 1.165) is 42.8 Å². The molecule has 2 aromatic rings. The smallest absolute Gasteiger partial charge is 0.298 e. The number of carbonyl (C=O) groups is 1. The van der Waals surface area contributed by atoms with Crippen molar-refractivity contribution in [3.63, 3.8) is 0 Å². The van der Waals surface area contributed by atoms with Crippen LogP contribution in [0.25, 0.3) is 0 Å². The van der Waals surface area contributed by atoms with E-state index in [1.165, 1.54) is 41.9 Å². The molecule has 1 aliphatic carbocycles. The molecule has 29 heavy (non-hydrogen) atoms. The zero-order valence-corrected chi connectivity index (χ0v) is 16.6. The Labute approximate surface area is 171 Å². The van der Waals surface area contributed by atoms with Crippen molar-refractivity contribution in [2.75, 3.05) is 19.6 Å². The van der Waals surface area contributed by atoms with Gasteiger partial charge < -0.3 is 4.90 Å². The number of nitrogens with one attached hydrogen (secondary N) is 1. The third kappa shape index (κ3) is 3.48. The highest BCUT2D eigenvalue weighted by Crippen LogP contribution is 2.43. The predicted molar refractivity (Wildman–Crippen MR) is 110 cm³/mol. The molecule has 2 atom stereocenters. The largest absolute Gasteiger partial charge is 0.327 e. The van der Waals surface area contributed by atoms with Crippen molar-refractivity contribution in [2.24, 2.45) is 11.0 Å². The number of rotatable bonds is 3. The van der Waals surface area contributed by atoms with Gasteiger partial charge in [0.25, 0.3) is 5.91 Å². The molecule has 0 saturated carbocycles. The Balaban J connectivity index is 1.50. The van der Waals surface area contributed by atoms with Crippen LogP contribution in [-0.4, -0.2) is 36.3 Å². The first-order chi connectivity index (χ1) is 14.2. The Bertz CT molecular complexity index is 933. The third-order valence-electron chi connectivity index (χ3n) is 6.66. The molecular formula is C24H27FN3O+. The number of hydrogen-bond acceptors (Lipinski definition) is 2. The van der Waals surface area contributed by atoms with E-state index >= 15 is 0 Å². The van der Waals surface area contributed by atoms with Gasteiger partial charge in [-0.1, -0.05) is 36.4 Å². The Morgan fingerprint density at radius 2 is 1.83 bits per heavy atom. The number of fused-ring (bicyclic) bond motifs is 3. The number of quaternary nitrogens is 1. The van der Waals surface area contributed by atoms with E-state index in [1.807, 2.05) is 18.2 Å². The highest BCUT2D eigenvalue weighted by molar-refractivity contribution is 6.06. The Kier molecular flexibility index (Phi) is 4.92. The number of carbonyl (C=O) groups excluding carboxylic acids is 1. The number of benzene rings is 2. The Hall–Kier alpha value is -2.53. The Morgan fingerprint density at radius 1 is 1.07 bits per heavy atom. The summed E-state index contributed by atoms with van der Waals surface area (Å²) in [5.41, 5.74) is 4.45. The normalized spacial score (nSPS) is 24.0. The van der Waals surface area contributed by atoms with Gasteiger partial charge in [-0.3, -0.25) is 4.79 Å². The molecule has 0 radical (unpaired) electrons. The number of hydrogen-bond donors (Lipinski definition) is 1. The molecule has 5 rings (SSSR count). The summed E-state index contributed by atoms with van der Waals surface area (Å²) >= 11 is 0. The van der Waals surface area contributed by atoms with Crippen LogP contribution in [-0.2, 0) is 11.2 Å². The second kappa shape index (κ2) is 7.71. The van der Waals surface area contributed by atoms with Crippen molar-refractivity contribution in [3.05, 3.63) is 71.0 Å². The minimum atomic E-state index is -0.252. The van der Waals surface area contributed by atoms with Crippen molar-refractivity contribution in [2.45, 2.75) is 38.1 Å². The Morgan fingerprint density at radius 3 is 2.62 bits per heavy atom. The lowest BCUT2D eigenvalue weighted by Gasteiger charge is -2.30. The fourth-order valence-corrected chi connectivity index (χ4v) is 5.19. The number of likely N-dealkylation sites (tertiary alicyclic amines) is 1. The van der Waals surface area contributed by atoms with Crippen LogP contribution >= 0.6 is 0 Å². The third-order valence-corrected chi connectivity index (χ3v) is 6.66. The number of amides is 1. The molecule has 1 amide bonds. The highest BCUT2D eigenvalue weighted by Gasteiger charge is 2.44. The fraction of sp³-hybridized carbons (Fsp3) is 0.417. The molecule has 0 spiro atoms. The molecule has 3 aliphatic rings. The molecule has 0 aromatic heterocycles. The summed E-state index contributed by atoms with van der Waals surface area (Å²) in [6, 6.07) is 14.8. The van der Waals surface area contributed by atoms with Crippen molar-refractivity contribution in [3.8, 4) is 0 Å². The van der Waals surface area contributed by atoms with Crippen molar-refractivity contribution < 1.29 is 14.1 Å². The molecule has 1 saturated heterocycles. The molecule has 1 N–H and O–H groups in total. The standard InChI is InChI=1S/C24H26FN3O/c25-19-11-8-18(9-12-19)24-21-13-10-17-6-2-3-7-20(17)23(21)26-28(24)22(29)16-27-14-4-1-5-15-27/h2-3,6-9,11-12,21,24H,1,4-5,10,13-16H2/p+1/t21-,24-/m0/s1. The lowest BCUT2D eigenvalue weighted by atomic mass is 9.77. The van der Waals surface area contributed by atoms with E-state index in [9.17, 15) is 9.18 Å². The van der Waals surface area contributed by atoms with Gasteiger partial charge in [-0.15, -0.1) is 0 Å². The molecule has 2 aromatic carbocycles. The molecule has 0 bridgehead atoms. The number of piperidine rings is 1. The van der Waals surface area contributed by atoms with Crippen molar-refractivity contribution in [1.82, 2.24) is 5.01 Å². The van der Waals surface area contributed by atoms with E-state index in [-0.39, 0.29) is 23.7 Å². The van der Waals surface area contributed by atoms with Gasteiger partial charge in [0, 0.05) is 11.5 Å². The predicted octanol–water partition coefficient (Wildman–Crippen LogP) is 2.74. The summed E-state index contributed by atoms with van der Waals surface area (Å²) in [4.78, 5) is 14.7. The fourth-order valence-electron chi connectivity index (χ4n) is 5.19. The minimum Gasteiger partial charge on any atom is -0.327 e. The lowest BCUT2D eigenvalue weighted by molar-refractivity contribution is -0.897. The zero-order valence-electron chi connectivity index (χ0n) is 16.6. The molecule has 2 heterocycles. The highest BCUT2D eigenvalue weighted by atomic mass is 19.1. The van der Waals surface area contributed by atoms with Crippen LogP contribution in [0.4, 0.5) is 4.39 Å². The van der Waals surface area contributed by atoms with Crippen LogP contribution in [0, 0.1) is 11.7 Å². The summed E-state index contributed by atoms with van der Waals surface area (Å²) in [7, 11) is 0. The second-order valence-corrected chi connectivity index (χ2v) is 8.51. The quantitative estimate of drug-likeness (QED) is 0.857. The molecule has 0 unspecified atom stereocenters. The van der Waals surface area contributed by atoms with Gasteiger partial charge in [-0.25, -0.2) is 9.40 Å². The first-order valence-electron chi connectivity index (χ1n) is 10.8. The van der Waals surface area contributed by atoms with Gasteiger partial charge >= 0.3 is 0 Å². The molecule has 2 aliphatic heterocycles. The van der Waals surface area contributed by atoms with Gasteiger partial charge in [0.2, 0.25) is 0 Å².